The smallest absolute Gasteiger partial charge is 0.264 e. The summed E-state index contributed by atoms with van der Waals surface area (Å²) in [7, 11) is -1.75. The summed E-state index contributed by atoms with van der Waals surface area (Å²) >= 11 is 0. The Bertz CT molecular complexity index is 1280. The first-order valence-corrected chi connectivity index (χ1v) is 13.0. The maximum absolute atomic E-state index is 13.7. The number of para-hydroxylation sites is 1. The first kappa shape index (κ1) is 21.8. The van der Waals surface area contributed by atoms with Crippen LogP contribution in [-0.2, 0) is 23.5 Å². The molecule has 6 nitrogen and oxygen atoms in total. The second kappa shape index (κ2) is 8.71. The molecule has 0 unspecified atom stereocenters. The van der Waals surface area contributed by atoms with Crippen LogP contribution in [0.2, 0.25) is 0 Å². The van der Waals surface area contributed by atoms with Crippen molar-refractivity contribution in [2.75, 3.05) is 17.4 Å². The molecule has 3 heterocycles. The Morgan fingerprint density at radius 1 is 0.939 bits per heavy atom. The summed E-state index contributed by atoms with van der Waals surface area (Å²) in [5.41, 5.74) is 3.29. The van der Waals surface area contributed by atoms with Crippen molar-refractivity contribution in [2.24, 2.45) is 7.05 Å². The molecule has 3 aromatic rings. The summed E-state index contributed by atoms with van der Waals surface area (Å²) in [5, 5.41) is 0. The van der Waals surface area contributed by atoms with Crippen molar-refractivity contribution < 1.29 is 13.2 Å². The summed E-state index contributed by atoms with van der Waals surface area (Å²) in [6, 6.07) is 18.2. The summed E-state index contributed by atoms with van der Waals surface area (Å²) in [6.07, 6.45) is 6.72. The fourth-order valence-electron chi connectivity index (χ4n) is 5.12. The van der Waals surface area contributed by atoms with Gasteiger partial charge in [-0.3, -0.25) is 9.10 Å². The van der Waals surface area contributed by atoms with Crippen LogP contribution in [0.15, 0.2) is 71.8 Å². The van der Waals surface area contributed by atoms with Crippen LogP contribution in [0.4, 0.5) is 5.69 Å². The fraction of sp³-hybridized carbons (Fsp3) is 0.346. The number of sulfonamides is 1. The van der Waals surface area contributed by atoms with Crippen molar-refractivity contribution in [1.29, 1.82) is 0 Å². The van der Waals surface area contributed by atoms with Gasteiger partial charge in [0.25, 0.3) is 15.9 Å². The molecule has 0 N–H and O–H groups in total. The molecule has 5 rings (SSSR count). The number of hydrogen-bond acceptors (Lipinski definition) is 3. The van der Waals surface area contributed by atoms with Gasteiger partial charge in [-0.25, -0.2) is 8.42 Å². The zero-order valence-electron chi connectivity index (χ0n) is 18.9. The van der Waals surface area contributed by atoms with Crippen LogP contribution in [0.3, 0.4) is 0 Å². The van der Waals surface area contributed by atoms with E-state index in [2.05, 4.69) is 10.6 Å². The Morgan fingerprint density at radius 3 is 2.61 bits per heavy atom. The Kier molecular flexibility index (Phi) is 5.74. The average Bonchev–Trinajstić information content (AvgIpc) is 3.38. The molecule has 2 aliphatic rings. The average molecular weight is 464 g/mol. The number of carbonyl (C=O) groups is 1. The highest BCUT2D eigenvalue weighted by Gasteiger charge is 2.33. The molecule has 1 fully saturated rings. The number of carbonyl (C=O) groups excluding carboxylic acids is 1. The molecule has 2 aromatic carbocycles. The lowest BCUT2D eigenvalue weighted by molar-refractivity contribution is 0.0674. The summed E-state index contributed by atoms with van der Waals surface area (Å²) < 4.78 is 30.5. The van der Waals surface area contributed by atoms with Gasteiger partial charge in [-0.1, -0.05) is 37.1 Å². The van der Waals surface area contributed by atoms with Crippen molar-refractivity contribution in [1.82, 2.24) is 9.47 Å². The molecule has 0 saturated carbocycles. The van der Waals surface area contributed by atoms with E-state index in [0.29, 0.717) is 25.1 Å². The van der Waals surface area contributed by atoms with Crippen LogP contribution in [0.1, 0.15) is 53.3 Å². The minimum atomic E-state index is -3.75. The van der Waals surface area contributed by atoms with Crippen LogP contribution >= 0.6 is 0 Å². The number of rotatable bonds is 4. The third-order valence-electron chi connectivity index (χ3n) is 6.85. The molecule has 172 valence electrons. The largest absolute Gasteiger partial charge is 0.353 e. The van der Waals surface area contributed by atoms with Gasteiger partial charge in [-0.05, 0) is 61.2 Å². The number of anilines is 1. The molecule has 33 heavy (non-hydrogen) atoms. The third kappa shape index (κ3) is 3.95. The molecular weight excluding hydrogens is 434 g/mol. The van der Waals surface area contributed by atoms with Gasteiger partial charge in [0.1, 0.15) is 0 Å². The molecule has 1 atom stereocenters. The predicted molar refractivity (Wildman–Crippen MR) is 129 cm³/mol. The molecular formula is C26H29N3O3S. The van der Waals surface area contributed by atoms with Crippen LogP contribution in [0, 0.1) is 0 Å². The number of likely N-dealkylation sites (tertiary alicyclic amines) is 1. The van der Waals surface area contributed by atoms with Crippen molar-refractivity contribution >= 4 is 21.6 Å². The van der Waals surface area contributed by atoms with E-state index < -0.39 is 10.0 Å². The number of benzene rings is 2. The summed E-state index contributed by atoms with van der Waals surface area (Å²) in [6.45, 7) is 1.09. The van der Waals surface area contributed by atoms with Gasteiger partial charge in [0.2, 0.25) is 0 Å². The molecule has 7 heteroatoms. The van der Waals surface area contributed by atoms with Crippen LogP contribution < -0.4 is 4.31 Å². The second-order valence-electron chi connectivity index (χ2n) is 8.89. The normalized spacial score (nSPS) is 18.8. The van der Waals surface area contributed by atoms with Gasteiger partial charge in [-0.2, -0.15) is 0 Å². The SMILES string of the molecule is Cn1cccc1[C@@H]1CCCCCN1C(=O)c1cccc(S(=O)(=O)N2CCc3ccccc32)c1. The van der Waals surface area contributed by atoms with E-state index in [-0.39, 0.29) is 16.8 Å². The molecule has 0 bridgehead atoms. The lowest BCUT2D eigenvalue weighted by Crippen LogP contribution is -2.36. The Balaban J connectivity index is 1.47. The second-order valence-corrected chi connectivity index (χ2v) is 10.8. The number of hydrogen-bond donors (Lipinski definition) is 0. The van der Waals surface area contributed by atoms with E-state index in [4.69, 9.17) is 0 Å². The van der Waals surface area contributed by atoms with Crippen molar-refractivity contribution in [2.45, 2.75) is 43.0 Å². The van der Waals surface area contributed by atoms with Crippen LogP contribution in [0.25, 0.3) is 0 Å². The van der Waals surface area contributed by atoms with E-state index in [9.17, 15) is 13.2 Å². The van der Waals surface area contributed by atoms with Gasteiger partial charge in [0.15, 0.2) is 0 Å². The highest BCUT2D eigenvalue weighted by Crippen LogP contribution is 2.34. The van der Waals surface area contributed by atoms with Gasteiger partial charge >= 0.3 is 0 Å². The summed E-state index contributed by atoms with van der Waals surface area (Å²) in [4.78, 5) is 15.8. The first-order valence-electron chi connectivity index (χ1n) is 11.6. The van der Waals surface area contributed by atoms with E-state index in [1.54, 1.807) is 24.3 Å². The van der Waals surface area contributed by atoms with Gasteiger partial charge in [0, 0.05) is 37.6 Å². The lowest BCUT2D eigenvalue weighted by atomic mass is 10.1. The zero-order valence-corrected chi connectivity index (χ0v) is 19.7. The minimum Gasteiger partial charge on any atom is -0.353 e. The molecule has 2 aliphatic heterocycles. The first-order chi connectivity index (χ1) is 16.0. The van der Waals surface area contributed by atoms with Crippen LogP contribution in [0.5, 0.6) is 0 Å². The van der Waals surface area contributed by atoms with Crippen molar-refractivity contribution in [3.05, 3.63) is 83.7 Å². The van der Waals surface area contributed by atoms with Gasteiger partial charge in [-0.15, -0.1) is 0 Å². The molecule has 0 aliphatic carbocycles. The molecule has 1 aromatic heterocycles. The number of aryl methyl sites for hydroxylation is 1. The Hall–Kier alpha value is -3.06. The summed E-state index contributed by atoms with van der Waals surface area (Å²) in [5.74, 6) is -0.109. The molecule has 0 spiro atoms. The Labute approximate surface area is 195 Å². The quantitative estimate of drug-likeness (QED) is 0.571. The number of amides is 1. The van der Waals surface area contributed by atoms with E-state index in [1.165, 1.54) is 4.31 Å². The monoisotopic (exact) mass is 463 g/mol. The number of fused-ring (bicyclic) bond motifs is 1. The minimum absolute atomic E-state index is 0.00859. The Morgan fingerprint density at radius 2 is 1.79 bits per heavy atom. The fourth-order valence-corrected chi connectivity index (χ4v) is 6.67. The van der Waals surface area contributed by atoms with E-state index in [0.717, 1.165) is 42.6 Å². The van der Waals surface area contributed by atoms with Gasteiger partial charge < -0.3 is 9.47 Å². The maximum Gasteiger partial charge on any atom is 0.264 e. The maximum atomic E-state index is 13.7. The van der Waals surface area contributed by atoms with Gasteiger partial charge in [0.05, 0.1) is 16.6 Å². The third-order valence-corrected chi connectivity index (χ3v) is 8.66. The number of aromatic nitrogens is 1. The predicted octanol–water partition coefficient (Wildman–Crippen LogP) is 4.53. The number of nitrogens with zero attached hydrogens (tertiary/aromatic N) is 3. The van der Waals surface area contributed by atoms with E-state index in [1.807, 2.05) is 48.5 Å². The van der Waals surface area contributed by atoms with Crippen molar-refractivity contribution in [3.8, 4) is 0 Å². The van der Waals surface area contributed by atoms with E-state index >= 15 is 0 Å². The molecule has 1 amide bonds. The molecule has 1 saturated heterocycles. The van der Waals surface area contributed by atoms with Crippen LogP contribution in [-0.4, -0.2) is 36.9 Å². The standard InChI is InChI=1S/C26H29N3O3S/c1-27-16-8-14-24(27)25-13-3-2-6-17-28(25)26(30)21-10-7-11-22(19-21)33(31,32)29-18-15-20-9-4-5-12-23(20)29/h4-5,7-12,14,16,19,25H,2-3,6,13,15,17-18H2,1H3/t25-/m0/s1. The highest BCUT2D eigenvalue weighted by atomic mass is 32.2. The topological polar surface area (TPSA) is 62.6 Å². The highest BCUT2D eigenvalue weighted by molar-refractivity contribution is 7.92. The lowest BCUT2D eigenvalue weighted by Gasteiger charge is -2.31. The molecule has 0 radical (unpaired) electrons. The van der Waals surface area contributed by atoms with Crippen molar-refractivity contribution in [3.63, 3.8) is 0 Å². The zero-order chi connectivity index (χ0) is 23.0.